The zero-order chi connectivity index (χ0) is 14.9. The Morgan fingerprint density at radius 2 is 1.95 bits per heavy atom. The first-order valence-electron chi connectivity index (χ1n) is 7.33. The van der Waals surface area contributed by atoms with Crippen LogP contribution in [0.1, 0.15) is 10.5 Å². The lowest BCUT2D eigenvalue weighted by molar-refractivity contribution is 0.0740. The van der Waals surface area contributed by atoms with Crippen LogP contribution in [0.2, 0.25) is 0 Å². The molecule has 0 radical (unpaired) electrons. The maximum absolute atomic E-state index is 12.7. The molecule has 0 aliphatic carbocycles. The van der Waals surface area contributed by atoms with Crippen molar-refractivity contribution in [2.75, 3.05) is 31.1 Å². The fraction of sp³-hybridized carbons (Fsp3) is 0.250. The zero-order valence-electron chi connectivity index (χ0n) is 12.1. The quantitative estimate of drug-likeness (QED) is 0.729. The summed E-state index contributed by atoms with van der Waals surface area (Å²) in [6.45, 7) is 3.14. The monoisotopic (exact) mass is 312 g/mol. The van der Waals surface area contributed by atoms with Crippen LogP contribution in [0.5, 0.6) is 0 Å². The molecule has 6 heteroatoms. The molecule has 1 aliphatic rings. The Morgan fingerprint density at radius 3 is 2.73 bits per heavy atom. The molecule has 0 unspecified atom stereocenters. The number of hydrogen-bond acceptors (Lipinski definition) is 4. The van der Waals surface area contributed by atoms with Crippen molar-refractivity contribution >= 4 is 27.9 Å². The van der Waals surface area contributed by atoms with Gasteiger partial charge in [-0.25, -0.2) is 4.98 Å². The van der Waals surface area contributed by atoms with E-state index in [2.05, 4.69) is 9.88 Å². The van der Waals surface area contributed by atoms with Crippen molar-refractivity contribution in [1.29, 1.82) is 0 Å². The van der Waals surface area contributed by atoms with E-state index in [-0.39, 0.29) is 5.91 Å². The molecular weight excluding hydrogens is 296 g/mol. The van der Waals surface area contributed by atoms with Gasteiger partial charge in [-0.3, -0.25) is 4.79 Å². The molecule has 22 heavy (non-hydrogen) atoms. The van der Waals surface area contributed by atoms with E-state index in [9.17, 15) is 4.79 Å². The molecule has 1 aliphatic heterocycles. The maximum Gasteiger partial charge on any atom is 0.270 e. The lowest BCUT2D eigenvalue weighted by atomic mass is 10.3. The summed E-state index contributed by atoms with van der Waals surface area (Å²) in [6, 6.07) is 9.83. The van der Waals surface area contributed by atoms with Crippen LogP contribution >= 0.6 is 11.3 Å². The number of anilines is 1. The van der Waals surface area contributed by atoms with Crippen LogP contribution < -0.4 is 4.90 Å². The normalized spacial score (nSPS) is 15.5. The summed E-state index contributed by atoms with van der Waals surface area (Å²) in [6.07, 6.45) is 3.76. The SMILES string of the molecule is O=C(c1ccc2ccccn12)N1CCN(c2nccs2)CC1. The molecule has 4 heterocycles. The molecule has 0 spiro atoms. The van der Waals surface area contributed by atoms with E-state index in [1.807, 2.05) is 57.4 Å². The van der Waals surface area contributed by atoms with Gasteiger partial charge >= 0.3 is 0 Å². The van der Waals surface area contributed by atoms with Gasteiger partial charge in [-0.2, -0.15) is 0 Å². The molecule has 1 saturated heterocycles. The summed E-state index contributed by atoms with van der Waals surface area (Å²) in [5, 5.41) is 3.03. The summed E-state index contributed by atoms with van der Waals surface area (Å²) in [4.78, 5) is 21.2. The third kappa shape index (κ3) is 2.25. The lowest BCUT2D eigenvalue weighted by Gasteiger charge is -2.34. The van der Waals surface area contributed by atoms with Crippen LogP contribution in [0.15, 0.2) is 48.1 Å². The second-order valence-electron chi connectivity index (χ2n) is 5.31. The zero-order valence-corrected chi connectivity index (χ0v) is 12.9. The van der Waals surface area contributed by atoms with Crippen molar-refractivity contribution in [3.05, 3.63) is 53.8 Å². The van der Waals surface area contributed by atoms with Crippen LogP contribution in [0, 0.1) is 0 Å². The molecule has 3 aromatic rings. The van der Waals surface area contributed by atoms with E-state index in [1.54, 1.807) is 11.3 Å². The number of nitrogens with zero attached hydrogens (tertiary/aromatic N) is 4. The third-order valence-electron chi connectivity index (χ3n) is 4.04. The molecule has 5 nitrogen and oxygen atoms in total. The molecule has 112 valence electrons. The number of thiazole rings is 1. The van der Waals surface area contributed by atoms with Crippen molar-refractivity contribution in [3.8, 4) is 0 Å². The number of aromatic nitrogens is 2. The highest BCUT2D eigenvalue weighted by atomic mass is 32.1. The Bertz CT molecular complexity index is 787. The van der Waals surface area contributed by atoms with Crippen molar-refractivity contribution in [3.63, 3.8) is 0 Å². The maximum atomic E-state index is 12.7. The molecular formula is C16H16N4OS. The number of carbonyl (C=O) groups excluding carboxylic acids is 1. The van der Waals surface area contributed by atoms with Gasteiger partial charge in [0.05, 0.1) is 0 Å². The van der Waals surface area contributed by atoms with E-state index in [0.717, 1.165) is 42.5 Å². The van der Waals surface area contributed by atoms with Crippen LogP contribution in [0.25, 0.3) is 5.52 Å². The average molecular weight is 312 g/mol. The van der Waals surface area contributed by atoms with Crippen molar-refractivity contribution in [1.82, 2.24) is 14.3 Å². The van der Waals surface area contributed by atoms with Gasteiger partial charge in [0.2, 0.25) is 0 Å². The molecule has 3 aromatic heterocycles. The number of hydrogen-bond donors (Lipinski definition) is 0. The summed E-state index contributed by atoms with van der Waals surface area (Å²) >= 11 is 1.65. The Balaban J connectivity index is 1.50. The number of piperazine rings is 1. The molecule has 0 aromatic carbocycles. The minimum absolute atomic E-state index is 0.102. The fourth-order valence-electron chi connectivity index (χ4n) is 2.87. The largest absolute Gasteiger partial charge is 0.345 e. The van der Waals surface area contributed by atoms with Gasteiger partial charge in [0, 0.05) is 49.5 Å². The first-order valence-corrected chi connectivity index (χ1v) is 8.21. The Kier molecular flexibility index (Phi) is 3.31. The Morgan fingerprint density at radius 1 is 1.09 bits per heavy atom. The van der Waals surface area contributed by atoms with Crippen LogP contribution in [0.4, 0.5) is 5.13 Å². The fourth-order valence-corrected chi connectivity index (χ4v) is 3.56. The van der Waals surface area contributed by atoms with Gasteiger partial charge in [-0.05, 0) is 24.3 Å². The van der Waals surface area contributed by atoms with Crippen molar-refractivity contribution in [2.45, 2.75) is 0 Å². The predicted molar refractivity (Wildman–Crippen MR) is 87.6 cm³/mol. The summed E-state index contributed by atoms with van der Waals surface area (Å²) < 4.78 is 1.95. The second-order valence-corrected chi connectivity index (χ2v) is 6.18. The second kappa shape index (κ2) is 5.46. The molecule has 1 fully saturated rings. The highest BCUT2D eigenvalue weighted by Crippen LogP contribution is 2.20. The summed E-state index contributed by atoms with van der Waals surface area (Å²) in [5.74, 6) is 0.102. The number of rotatable bonds is 2. The molecule has 1 amide bonds. The standard InChI is InChI=1S/C16H16N4OS/c21-15(14-5-4-13-3-1-2-7-20(13)14)18-8-10-19(11-9-18)16-17-6-12-22-16/h1-7,12H,8-11H2. The van der Waals surface area contributed by atoms with E-state index in [1.165, 1.54) is 0 Å². The lowest BCUT2D eigenvalue weighted by Crippen LogP contribution is -2.49. The van der Waals surface area contributed by atoms with Crippen LogP contribution in [-0.2, 0) is 0 Å². The predicted octanol–water partition coefficient (Wildman–Crippen LogP) is 2.36. The summed E-state index contributed by atoms with van der Waals surface area (Å²) in [5.41, 5.74) is 1.78. The number of fused-ring (bicyclic) bond motifs is 1. The summed E-state index contributed by atoms with van der Waals surface area (Å²) in [7, 11) is 0. The van der Waals surface area contributed by atoms with E-state index in [0.29, 0.717) is 0 Å². The smallest absolute Gasteiger partial charge is 0.270 e. The molecule has 0 atom stereocenters. The first kappa shape index (κ1) is 13.3. The average Bonchev–Trinajstić information content (AvgIpc) is 3.24. The molecule has 0 saturated carbocycles. The van der Waals surface area contributed by atoms with Gasteiger partial charge in [0.15, 0.2) is 5.13 Å². The van der Waals surface area contributed by atoms with E-state index in [4.69, 9.17) is 0 Å². The van der Waals surface area contributed by atoms with Crippen molar-refractivity contribution < 1.29 is 4.79 Å². The highest BCUT2D eigenvalue weighted by molar-refractivity contribution is 7.13. The molecule has 0 bridgehead atoms. The van der Waals surface area contributed by atoms with E-state index >= 15 is 0 Å². The van der Waals surface area contributed by atoms with E-state index < -0.39 is 0 Å². The Hall–Kier alpha value is -2.34. The van der Waals surface area contributed by atoms with Gasteiger partial charge in [-0.15, -0.1) is 11.3 Å². The number of carbonyl (C=O) groups is 1. The topological polar surface area (TPSA) is 40.9 Å². The first-order chi connectivity index (χ1) is 10.8. The van der Waals surface area contributed by atoms with Gasteiger partial charge in [-0.1, -0.05) is 6.07 Å². The van der Waals surface area contributed by atoms with Gasteiger partial charge in [0.25, 0.3) is 5.91 Å². The minimum atomic E-state index is 0.102. The van der Waals surface area contributed by atoms with Crippen LogP contribution in [0.3, 0.4) is 0 Å². The molecule has 4 rings (SSSR count). The minimum Gasteiger partial charge on any atom is -0.345 e. The highest BCUT2D eigenvalue weighted by Gasteiger charge is 2.24. The third-order valence-corrected chi connectivity index (χ3v) is 4.87. The molecule has 0 N–H and O–H groups in total. The number of pyridine rings is 1. The van der Waals surface area contributed by atoms with Crippen molar-refractivity contribution in [2.24, 2.45) is 0 Å². The number of amides is 1. The van der Waals surface area contributed by atoms with Gasteiger partial charge < -0.3 is 14.2 Å². The van der Waals surface area contributed by atoms with Gasteiger partial charge in [0.1, 0.15) is 5.69 Å². The van der Waals surface area contributed by atoms with Crippen LogP contribution in [-0.4, -0.2) is 46.4 Å². The Labute approximate surface area is 132 Å².